The number of rotatable bonds is 9. The fraction of sp³-hybridized carbons (Fsp3) is 0.667. The molecule has 0 aromatic rings. The molecule has 0 radical (unpaired) electrons. The van der Waals surface area contributed by atoms with E-state index < -0.39 is 25.2 Å². The Hall–Kier alpha value is -1.22. The zero-order chi connectivity index (χ0) is 10.8. The van der Waals surface area contributed by atoms with Gasteiger partial charge in [-0.15, -0.1) is 0 Å². The number of aliphatic carboxylic acids is 2. The van der Waals surface area contributed by atoms with E-state index in [1.54, 1.807) is 0 Å². The van der Waals surface area contributed by atoms with Crippen molar-refractivity contribution in [1.29, 1.82) is 0 Å². The highest BCUT2D eigenvalue weighted by Crippen LogP contribution is 1.69. The number of carboxylic acid groups (broad SMARTS) is 2. The minimum atomic E-state index is -1.08. The summed E-state index contributed by atoms with van der Waals surface area (Å²) < 4.78 is 0. The van der Waals surface area contributed by atoms with E-state index in [1.165, 1.54) is 0 Å². The Bertz CT molecular complexity index is 165. The van der Waals surface area contributed by atoms with Crippen LogP contribution in [0, 0.1) is 0 Å². The van der Waals surface area contributed by atoms with Crippen molar-refractivity contribution in [3.63, 3.8) is 0 Å². The molecular formula is C6H12N2O6. The highest BCUT2D eigenvalue weighted by molar-refractivity contribution is 5.68. The highest BCUT2D eigenvalue weighted by atomic mass is 16.7. The quantitative estimate of drug-likeness (QED) is 0.259. The van der Waals surface area contributed by atoms with Crippen molar-refractivity contribution in [2.24, 2.45) is 0 Å². The molecule has 0 aromatic heterocycles. The molecular weight excluding hydrogens is 196 g/mol. The Balaban J connectivity index is 2.99. The van der Waals surface area contributed by atoms with Crippen LogP contribution in [0.3, 0.4) is 0 Å². The molecule has 0 atom stereocenters. The van der Waals surface area contributed by atoms with E-state index in [-0.39, 0.29) is 0 Å². The summed E-state index contributed by atoms with van der Waals surface area (Å²) in [6, 6.07) is 0. The molecule has 0 aromatic carbocycles. The van der Waals surface area contributed by atoms with Gasteiger partial charge >= 0.3 is 11.9 Å². The van der Waals surface area contributed by atoms with Gasteiger partial charge in [-0.1, -0.05) is 0 Å². The smallest absolute Gasteiger partial charge is 0.331 e. The van der Waals surface area contributed by atoms with Gasteiger partial charge in [0, 0.05) is 13.1 Å². The summed E-state index contributed by atoms with van der Waals surface area (Å²) in [6.45, 7) is -0.272. The Morgan fingerprint density at radius 1 is 0.929 bits per heavy atom. The predicted molar refractivity (Wildman–Crippen MR) is 43.2 cm³/mol. The molecule has 0 spiro atoms. The summed E-state index contributed by atoms with van der Waals surface area (Å²) in [4.78, 5) is 28.8. The van der Waals surface area contributed by atoms with E-state index in [0.717, 1.165) is 0 Å². The van der Waals surface area contributed by atoms with E-state index >= 15 is 0 Å². The summed E-state index contributed by atoms with van der Waals surface area (Å²) in [5.74, 6) is -2.15. The molecule has 0 unspecified atom stereocenters. The van der Waals surface area contributed by atoms with Crippen LogP contribution in [0.2, 0.25) is 0 Å². The summed E-state index contributed by atoms with van der Waals surface area (Å²) in [5.41, 5.74) is 4.67. The van der Waals surface area contributed by atoms with Gasteiger partial charge in [0.1, 0.15) is 0 Å². The maximum atomic E-state index is 9.94. The average Bonchev–Trinajstić information content (AvgIpc) is 2.08. The monoisotopic (exact) mass is 208 g/mol. The van der Waals surface area contributed by atoms with E-state index in [1.807, 2.05) is 0 Å². The molecule has 8 heteroatoms. The number of hydroxylamine groups is 2. The standard InChI is InChI=1S/C6H12N2O6/c9-5(10)3-13-7-1-2-8-14-4-6(11)12/h7-8H,1-4H2,(H,9,10)(H,11,12). The maximum absolute atomic E-state index is 9.94. The van der Waals surface area contributed by atoms with Crippen LogP contribution in [0.5, 0.6) is 0 Å². The van der Waals surface area contributed by atoms with Crippen molar-refractivity contribution in [1.82, 2.24) is 11.0 Å². The summed E-state index contributed by atoms with van der Waals surface area (Å²) >= 11 is 0. The minimum absolute atomic E-state index is 0.299. The van der Waals surface area contributed by atoms with Crippen LogP contribution in [0.15, 0.2) is 0 Å². The topological polar surface area (TPSA) is 117 Å². The van der Waals surface area contributed by atoms with Crippen LogP contribution in [0.25, 0.3) is 0 Å². The number of hydrogen-bond donors (Lipinski definition) is 4. The molecule has 0 fully saturated rings. The lowest BCUT2D eigenvalue weighted by Gasteiger charge is -2.04. The van der Waals surface area contributed by atoms with Crippen LogP contribution in [-0.2, 0) is 19.3 Å². The first kappa shape index (κ1) is 12.8. The van der Waals surface area contributed by atoms with Gasteiger partial charge in [-0.3, -0.25) is 9.68 Å². The van der Waals surface area contributed by atoms with E-state index in [4.69, 9.17) is 10.2 Å². The molecule has 0 saturated heterocycles. The SMILES string of the molecule is O=C(O)CONCCNOCC(=O)O. The van der Waals surface area contributed by atoms with Crippen molar-refractivity contribution < 1.29 is 29.5 Å². The zero-order valence-corrected chi connectivity index (χ0v) is 7.36. The van der Waals surface area contributed by atoms with E-state index in [9.17, 15) is 9.59 Å². The Kier molecular flexibility index (Phi) is 7.65. The van der Waals surface area contributed by atoms with Gasteiger partial charge < -0.3 is 10.2 Å². The lowest BCUT2D eigenvalue weighted by molar-refractivity contribution is -0.147. The maximum Gasteiger partial charge on any atom is 0.331 e. The third-order valence-electron chi connectivity index (χ3n) is 0.925. The largest absolute Gasteiger partial charge is 0.479 e. The summed E-state index contributed by atoms with van der Waals surface area (Å²) in [6.07, 6.45) is 0. The van der Waals surface area contributed by atoms with Crippen molar-refractivity contribution in [2.75, 3.05) is 26.3 Å². The fourth-order valence-electron chi connectivity index (χ4n) is 0.472. The number of hydrogen-bond acceptors (Lipinski definition) is 6. The van der Waals surface area contributed by atoms with Gasteiger partial charge in [0.25, 0.3) is 0 Å². The lowest BCUT2D eigenvalue weighted by Crippen LogP contribution is -2.30. The molecule has 0 heterocycles. The van der Waals surface area contributed by atoms with E-state index in [0.29, 0.717) is 13.1 Å². The average molecular weight is 208 g/mol. The second kappa shape index (κ2) is 8.38. The normalized spacial score (nSPS) is 10.0. The Morgan fingerprint density at radius 3 is 1.57 bits per heavy atom. The van der Waals surface area contributed by atoms with Crippen molar-refractivity contribution >= 4 is 11.9 Å². The summed E-state index contributed by atoms with van der Waals surface area (Å²) in [7, 11) is 0. The molecule has 14 heavy (non-hydrogen) atoms. The molecule has 0 bridgehead atoms. The van der Waals surface area contributed by atoms with Crippen LogP contribution in [0.4, 0.5) is 0 Å². The molecule has 0 amide bonds. The van der Waals surface area contributed by atoms with Gasteiger partial charge in [-0.05, 0) is 0 Å². The van der Waals surface area contributed by atoms with Gasteiger partial charge in [0.05, 0.1) is 0 Å². The van der Waals surface area contributed by atoms with Gasteiger partial charge in [0.2, 0.25) is 0 Å². The molecule has 0 aliphatic carbocycles. The molecule has 4 N–H and O–H groups in total. The summed E-state index contributed by atoms with van der Waals surface area (Å²) in [5, 5.41) is 16.3. The molecule has 0 rings (SSSR count). The molecule has 82 valence electrons. The fourth-order valence-corrected chi connectivity index (χ4v) is 0.472. The second-order valence-electron chi connectivity index (χ2n) is 2.15. The zero-order valence-electron chi connectivity index (χ0n) is 7.36. The number of nitrogens with one attached hydrogen (secondary N) is 2. The number of carbonyl (C=O) groups is 2. The number of carboxylic acids is 2. The van der Waals surface area contributed by atoms with Crippen LogP contribution >= 0.6 is 0 Å². The first-order chi connectivity index (χ1) is 6.63. The first-order valence-corrected chi connectivity index (χ1v) is 3.76. The third-order valence-corrected chi connectivity index (χ3v) is 0.925. The molecule has 0 saturated carbocycles. The van der Waals surface area contributed by atoms with Gasteiger partial charge in [-0.25, -0.2) is 20.5 Å². The Morgan fingerprint density at radius 2 is 1.29 bits per heavy atom. The van der Waals surface area contributed by atoms with Crippen molar-refractivity contribution in [2.45, 2.75) is 0 Å². The van der Waals surface area contributed by atoms with Crippen molar-refractivity contribution in [3.05, 3.63) is 0 Å². The van der Waals surface area contributed by atoms with Crippen LogP contribution < -0.4 is 11.0 Å². The van der Waals surface area contributed by atoms with Crippen molar-refractivity contribution in [3.8, 4) is 0 Å². The molecule has 0 aliphatic rings. The molecule has 8 nitrogen and oxygen atoms in total. The minimum Gasteiger partial charge on any atom is -0.479 e. The Labute approximate surface area is 79.7 Å². The highest BCUT2D eigenvalue weighted by Gasteiger charge is 1.96. The van der Waals surface area contributed by atoms with E-state index in [2.05, 4.69) is 20.6 Å². The van der Waals surface area contributed by atoms with Gasteiger partial charge in [-0.2, -0.15) is 0 Å². The second-order valence-corrected chi connectivity index (χ2v) is 2.15. The lowest BCUT2D eigenvalue weighted by atomic mass is 10.7. The third kappa shape index (κ3) is 10.8. The van der Waals surface area contributed by atoms with Gasteiger partial charge in [0.15, 0.2) is 13.2 Å². The van der Waals surface area contributed by atoms with Crippen LogP contribution in [-0.4, -0.2) is 48.5 Å². The molecule has 0 aliphatic heterocycles. The predicted octanol–water partition coefficient (Wildman–Crippen LogP) is -1.80. The first-order valence-electron chi connectivity index (χ1n) is 3.76. The van der Waals surface area contributed by atoms with Crippen LogP contribution in [0.1, 0.15) is 0 Å².